The average molecular weight is 372 g/mol. The molecule has 7 nitrogen and oxygen atoms in total. The number of aryl methyl sites for hydroxylation is 1. The number of nitrogens with one attached hydrogen (secondary N) is 1. The SMILES string of the molecule is Cn1cc(-c2ccc3nnc(NC(=O)C4CCC(F)(F)CC4)cc3c2)nn1. The fourth-order valence-corrected chi connectivity index (χ4v) is 3.28. The van der Waals surface area contributed by atoms with Gasteiger partial charge in [0.15, 0.2) is 5.82 Å². The lowest BCUT2D eigenvalue weighted by Gasteiger charge is -2.27. The third kappa shape index (κ3) is 3.76. The zero-order chi connectivity index (χ0) is 19.0. The molecule has 1 amide bonds. The van der Waals surface area contributed by atoms with Crippen LogP contribution in [0.2, 0.25) is 0 Å². The Morgan fingerprint density at radius 3 is 2.67 bits per heavy atom. The second-order valence-corrected chi connectivity index (χ2v) is 6.90. The topological polar surface area (TPSA) is 85.6 Å². The van der Waals surface area contributed by atoms with Crippen LogP contribution in [0.3, 0.4) is 0 Å². The lowest BCUT2D eigenvalue weighted by Crippen LogP contribution is -2.32. The fraction of sp³-hybridized carbons (Fsp3) is 0.389. The van der Waals surface area contributed by atoms with Crippen LogP contribution in [0.4, 0.5) is 14.6 Å². The highest BCUT2D eigenvalue weighted by atomic mass is 19.3. The van der Waals surface area contributed by atoms with Gasteiger partial charge in [0, 0.05) is 36.8 Å². The molecule has 2 aromatic heterocycles. The smallest absolute Gasteiger partial charge is 0.248 e. The van der Waals surface area contributed by atoms with Crippen molar-refractivity contribution < 1.29 is 13.6 Å². The Labute approximate surface area is 153 Å². The van der Waals surface area contributed by atoms with Crippen LogP contribution < -0.4 is 5.32 Å². The molecule has 0 radical (unpaired) electrons. The predicted molar refractivity (Wildman–Crippen MR) is 95.1 cm³/mol. The minimum atomic E-state index is -2.66. The second-order valence-electron chi connectivity index (χ2n) is 6.90. The quantitative estimate of drug-likeness (QED) is 0.763. The molecule has 27 heavy (non-hydrogen) atoms. The predicted octanol–water partition coefficient (Wildman–Crippen LogP) is 3.19. The number of amides is 1. The Morgan fingerprint density at radius 2 is 1.96 bits per heavy atom. The Balaban J connectivity index is 1.53. The number of halogens is 2. The number of carbonyl (C=O) groups is 1. The number of nitrogens with zero attached hydrogens (tertiary/aromatic N) is 5. The van der Waals surface area contributed by atoms with E-state index in [0.29, 0.717) is 11.3 Å². The van der Waals surface area contributed by atoms with E-state index < -0.39 is 11.8 Å². The van der Waals surface area contributed by atoms with E-state index in [1.54, 1.807) is 24.0 Å². The molecular weight excluding hydrogens is 354 g/mol. The van der Waals surface area contributed by atoms with Crippen LogP contribution in [0, 0.1) is 5.92 Å². The summed E-state index contributed by atoms with van der Waals surface area (Å²) < 4.78 is 28.1. The number of alkyl halides is 2. The summed E-state index contributed by atoms with van der Waals surface area (Å²) in [5.74, 6) is -3.06. The van der Waals surface area contributed by atoms with E-state index in [4.69, 9.17) is 0 Å². The summed E-state index contributed by atoms with van der Waals surface area (Å²) >= 11 is 0. The Bertz CT molecular complexity index is 992. The van der Waals surface area contributed by atoms with Gasteiger partial charge < -0.3 is 5.32 Å². The highest BCUT2D eigenvalue weighted by Gasteiger charge is 2.37. The van der Waals surface area contributed by atoms with E-state index in [9.17, 15) is 13.6 Å². The van der Waals surface area contributed by atoms with Gasteiger partial charge in [-0.3, -0.25) is 9.48 Å². The number of hydrogen-bond acceptors (Lipinski definition) is 5. The number of fused-ring (bicyclic) bond motifs is 1. The summed E-state index contributed by atoms with van der Waals surface area (Å²) in [5, 5.41) is 19.6. The third-order valence-electron chi connectivity index (χ3n) is 4.82. The molecule has 1 fully saturated rings. The van der Waals surface area contributed by atoms with E-state index in [0.717, 1.165) is 16.6 Å². The first kappa shape index (κ1) is 17.4. The minimum absolute atomic E-state index is 0.177. The van der Waals surface area contributed by atoms with E-state index in [1.165, 1.54) is 0 Å². The molecule has 0 saturated heterocycles. The maximum atomic E-state index is 13.3. The molecule has 0 aliphatic heterocycles. The van der Waals surface area contributed by atoms with Gasteiger partial charge in [0.05, 0.1) is 11.7 Å². The van der Waals surface area contributed by atoms with Crippen molar-refractivity contribution in [2.75, 3.05) is 5.32 Å². The van der Waals surface area contributed by atoms with Crippen molar-refractivity contribution in [3.8, 4) is 11.3 Å². The summed E-state index contributed by atoms with van der Waals surface area (Å²) in [4.78, 5) is 12.4. The summed E-state index contributed by atoms with van der Waals surface area (Å²) in [5.41, 5.74) is 2.28. The third-order valence-corrected chi connectivity index (χ3v) is 4.82. The molecule has 140 valence electrons. The zero-order valence-corrected chi connectivity index (χ0v) is 14.7. The Hall–Kier alpha value is -2.97. The molecule has 0 bridgehead atoms. The normalized spacial score (nSPS) is 17.1. The monoisotopic (exact) mass is 372 g/mol. The van der Waals surface area contributed by atoms with Crippen molar-refractivity contribution in [2.24, 2.45) is 13.0 Å². The second kappa shape index (κ2) is 6.64. The maximum Gasteiger partial charge on any atom is 0.248 e. The number of aromatic nitrogens is 5. The van der Waals surface area contributed by atoms with Crippen LogP contribution in [-0.2, 0) is 11.8 Å². The van der Waals surface area contributed by atoms with Crippen LogP contribution in [0.1, 0.15) is 25.7 Å². The number of rotatable bonds is 3. The van der Waals surface area contributed by atoms with Gasteiger partial charge in [-0.05, 0) is 31.0 Å². The van der Waals surface area contributed by atoms with Crippen LogP contribution in [-0.4, -0.2) is 37.0 Å². The van der Waals surface area contributed by atoms with Crippen molar-refractivity contribution in [1.82, 2.24) is 25.2 Å². The summed E-state index contributed by atoms with van der Waals surface area (Å²) in [6, 6.07) is 7.31. The summed E-state index contributed by atoms with van der Waals surface area (Å²) in [6.07, 6.45) is 1.65. The highest BCUT2D eigenvalue weighted by Crippen LogP contribution is 2.36. The molecule has 0 spiro atoms. The van der Waals surface area contributed by atoms with Crippen LogP contribution in [0.5, 0.6) is 0 Å². The van der Waals surface area contributed by atoms with Gasteiger partial charge in [-0.25, -0.2) is 8.78 Å². The van der Waals surface area contributed by atoms with E-state index in [1.807, 2.05) is 18.2 Å². The van der Waals surface area contributed by atoms with Crippen LogP contribution >= 0.6 is 0 Å². The number of hydrogen-bond donors (Lipinski definition) is 1. The van der Waals surface area contributed by atoms with Gasteiger partial charge in [-0.1, -0.05) is 11.3 Å². The molecule has 3 aromatic rings. The van der Waals surface area contributed by atoms with Crippen molar-refractivity contribution in [3.63, 3.8) is 0 Å². The largest absolute Gasteiger partial charge is 0.309 e. The first-order valence-corrected chi connectivity index (χ1v) is 8.72. The van der Waals surface area contributed by atoms with Crippen LogP contribution in [0.15, 0.2) is 30.5 Å². The number of carbonyl (C=O) groups excluding carboxylic acids is 1. The standard InChI is InChI=1S/C18H18F2N6O/c1-26-10-15(23-25-26)12-2-3-14-13(8-12)9-16(24-22-14)21-17(27)11-4-6-18(19,20)7-5-11/h2-3,8-11H,4-7H2,1H3,(H,21,24,27). The highest BCUT2D eigenvalue weighted by molar-refractivity contribution is 5.94. The maximum absolute atomic E-state index is 13.3. The molecule has 2 heterocycles. The lowest BCUT2D eigenvalue weighted by atomic mass is 9.86. The first-order valence-electron chi connectivity index (χ1n) is 8.72. The molecule has 0 atom stereocenters. The Kier molecular flexibility index (Phi) is 4.29. The zero-order valence-electron chi connectivity index (χ0n) is 14.7. The van der Waals surface area contributed by atoms with Gasteiger partial charge in [0.2, 0.25) is 11.8 Å². The molecule has 4 rings (SSSR count). The Morgan fingerprint density at radius 1 is 1.19 bits per heavy atom. The van der Waals surface area contributed by atoms with Gasteiger partial charge >= 0.3 is 0 Å². The lowest BCUT2D eigenvalue weighted by molar-refractivity contribution is -0.124. The van der Waals surface area contributed by atoms with E-state index in [-0.39, 0.29) is 31.6 Å². The van der Waals surface area contributed by atoms with Gasteiger partial charge in [0.1, 0.15) is 5.69 Å². The van der Waals surface area contributed by atoms with Crippen molar-refractivity contribution >= 4 is 22.6 Å². The van der Waals surface area contributed by atoms with E-state index >= 15 is 0 Å². The van der Waals surface area contributed by atoms with Crippen LogP contribution in [0.25, 0.3) is 22.2 Å². The molecule has 9 heteroatoms. The molecule has 0 unspecified atom stereocenters. The van der Waals surface area contributed by atoms with Gasteiger partial charge in [-0.15, -0.1) is 15.3 Å². The molecule has 1 aromatic carbocycles. The molecule has 1 saturated carbocycles. The minimum Gasteiger partial charge on any atom is -0.309 e. The van der Waals surface area contributed by atoms with E-state index in [2.05, 4.69) is 25.8 Å². The molecular formula is C18H18F2N6O. The number of benzene rings is 1. The first-order chi connectivity index (χ1) is 12.9. The molecule has 1 aliphatic rings. The molecule has 1 N–H and O–H groups in total. The summed E-state index contributed by atoms with van der Waals surface area (Å²) in [7, 11) is 1.79. The van der Waals surface area contributed by atoms with Gasteiger partial charge in [0.25, 0.3) is 0 Å². The summed E-state index contributed by atoms with van der Waals surface area (Å²) in [6.45, 7) is 0. The van der Waals surface area contributed by atoms with Gasteiger partial charge in [-0.2, -0.15) is 0 Å². The average Bonchev–Trinajstić information content (AvgIpc) is 3.07. The molecule has 1 aliphatic carbocycles. The van der Waals surface area contributed by atoms with Crippen molar-refractivity contribution in [3.05, 3.63) is 30.5 Å². The van der Waals surface area contributed by atoms with Crippen molar-refractivity contribution in [2.45, 2.75) is 31.6 Å². The fourth-order valence-electron chi connectivity index (χ4n) is 3.28. The van der Waals surface area contributed by atoms with Crippen molar-refractivity contribution in [1.29, 1.82) is 0 Å². The number of anilines is 1.